The number of nitrogens with zero attached hydrogens (tertiary/aromatic N) is 4. The molecule has 0 saturated carbocycles. The van der Waals surface area contributed by atoms with Gasteiger partial charge in [-0.15, -0.1) is 0 Å². The Balaban J connectivity index is 1.38. The summed E-state index contributed by atoms with van der Waals surface area (Å²) < 4.78 is 71.0. The molecule has 0 N–H and O–H groups in total. The average Bonchev–Trinajstić information content (AvgIpc) is 2.61. The summed E-state index contributed by atoms with van der Waals surface area (Å²) in [5.74, 6) is -0.673. The number of likely N-dealkylation sites (tertiary alicyclic amines) is 1. The van der Waals surface area contributed by atoms with Crippen LogP contribution >= 0.6 is 0 Å². The number of aryl methyl sites for hydroxylation is 1. The second-order valence-corrected chi connectivity index (χ2v) is 10.3. The van der Waals surface area contributed by atoms with Crippen molar-refractivity contribution in [2.45, 2.75) is 37.3 Å². The van der Waals surface area contributed by atoms with E-state index < -0.39 is 22.0 Å². The van der Waals surface area contributed by atoms with Crippen LogP contribution in [-0.2, 0) is 27.4 Å². The molecular formula is C18H25F3N4O3S. The van der Waals surface area contributed by atoms with Gasteiger partial charge in [-0.1, -0.05) is 6.92 Å². The molecular weight excluding hydrogens is 409 g/mol. The van der Waals surface area contributed by atoms with E-state index in [-0.39, 0.29) is 22.4 Å². The molecule has 1 spiro atoms. The Hall–Kier alpha value is -1.30. The smallest absolute Gasteiger partial charge is 0.381 e. The van der Waals surface area contributed by atoms with Crippen LogP contribution < -0.4 is 0 Å². The molecule has 0 radical (unpaired) electrons. The first kappa shape index (κ1) is 21.0. The van der Waals surface area contributed by atoms with Gasteiger partial charge in [0, 0.05) is 51.4 Å². The van der Waals surface area contributed by atoms with Crippen LogP contribution in [0.2, 0.25) is 0 Å². The summed E-state index contributed by atoms with van der Waals surface area (Å²) in [6.07, 6.45) is -1.69. The van der Waals surface area contributed by atoms with Crippen molar-refractivity contribution >= 4 is 10.0 Å². The Labute approximate surface area is 168 Å². The predicted molar refractivity (Wildman–Crippen MR) is 97.6 cm³/mol. The minimum atomic E-state index is -4.70. The molecule has 0 bridgehead atoms. The summed E-state index contributed by atoms with van der Waals surface area (Å²) >= 11 is 0. The van der Waals surface area contributed by atoms with E-state index in [4.69, 9.17) is 4.74 Å². The highest BCUT2D eigenvalue weighted by Crippen LogP contribution is 2.43. The SMILES string of the molecule is CCc1nc(C(F)(F)F)ncc1S(=O)(=O)N1CC2(CN(CC3CCOCC3)C2)C1. The van der Waals surface area contributed by atoms with Crippen molar-refractivity contribution in [1.29, 1.82) is 0 Å². The highest BCUT2D eigenvalue weighted by Gasteiger charge is 2.55. The van der Waals surface area contributed by atoms with E-state index >= 15 is 0 Å². The van der Waals surface area contributed by atoms with Crippen molar-refractivity contribution in [2.24, 2.45) is 11.3 Å². The normalized spacial score (nSPS) is 23.7. The topological polar surface area (TPSA) is 75.6 Å². The summed E-state index contributed by atoms with van der Waals surface area (Å²) in [5, 5.41) is 0. The third-order valence-electron chi connectivity index (χ3n) is 6.03. The van der Waals surface area contributed by atoms with Crippen LogP contribution in [0.25, 0.3) is 0 Å². The highest BCUT2D eigenvalue weighted by atomic mass is 32.2. The van der Waals surface area contributed by atoms with E-state index in [1.807, 2.05) is 0 Å². The third-order valence-corrected chi connectivity index (χ3v) is 7.87. The molecule has 3 saturated heterocycles. The maximum absolute atomic E-state index is 12.9. The lowest BCUT2D eigenvalue weighted by Gasteiger charge is -2.60. The van der Waals surface area contributed by atoms with Gasteiger partial charge in [0.2, 0.25) is 15.8 Å². The molecule has 0 aliphatic carbocycles. The van der Waals surface area contributed by atoms with E-state index in [0.717, 1.165) is 51.9 Å². The quantitative estimate of drug-likeness (QED) is 0.704. The molecule has 162 valence electrons. The summed E-state index contributed by atoms with van der Waals surface area (Å²) in [6.45, 7) is 6.73. The predicted octanol–water partition coefficient (Wildman–Crippen LogP) is 1.79. The Kier molecular flexibility index (Phi) is 5.37. The van der Waals surface area contributed by atoms with E-state index in [2.05, 4.69) is 14.9 Å². The van der Waals surface area contributed by atoms with E-state index in [1.54, 1.807) is 6.92 Å². The molecule has 3 fully saturated rings. The maximum Gasteiger partial charge on any atom is 0.451 e. The molecule has 4 heterocycles. The molecule has 0 unspecified atom stereocenters. The van der Waals surface area contributed by atoms with E-state index in [9.17, 15) is 21.6 Å². The van der Waals surface area contributed by atoms with E-state index in [0.29, 0.717) is 19.0 Å². The first-order chi connectivity index (χ1) is 13.6. The number of sulfonamides is 1. The van der Waals surface area contributed by atoms with Crippen molar-refractivity contribution in [3.63, 3.8) is 0 Å². The maximum atomic E-state index is 12.9. The number of halogens is 3. The van der Waals surface area contributed by atoms with Crippen LogP contribution in [0.5, 0.6) is 0 Å². The molecule has 3 aliphatic rings. The van der Waals surface area contributed by atoms with Gasteiger partial charge in [-0.3, -0.25) is 0 Å². The zero-order valence-electron chi connectivity index (χ0n) is 16.3. The van der Waals surface area contributed by atoms with Gasteiger partial charge in [-0.05, 0) is 25.2 Å². The fraction of sp³-hybridized carbons (Fsp3) is 0.778. The molecule has 4 rings (SSSR count). The van der Waals surface area contributed by atoms with Gasteiger partial charge in [0.05, 0.1) is 11.9 Å². The second-order valence-electron chi connectivity index (χ2n) is 8.35. The van der Waals surface area contributed by atoms with Crippen molar-refractivity contribution in [2.75, 3.05) is 45.9 Å². The largest absolute Gasteiger partial charge is 0.451 e. The van der Waals surface area contributed by atoms with Crippen molar-refractivity contribution < 1.29 is 26.3 Å². The van der Waals surface area contributed by atoms with Crippen molar-refractivity contribution in [3.05, 3.63) is 17.7 Å². The number of aromatic nitrogens is 2. The van der Waals surface area contributed by atoms with Crippen LogP contribution in [0.15, 0.2) is 11.1 Å². The van der Waals surface area contributed by atoms with Crippen molar-refractivity contribution in [3.8, 4) is 0 Å². The lowest BCUT2D eigenvalue weighted by Crippen LogP contribution is -2.73. The molecule has 0 amide bonds. The Morgan fingerprint density at radius 2 is 1.86 bits per heavy atom. The third kappa shape index (κ3) is 4.01. The summed E-state index contributed by atoms with van der Waals surface area (Å²) in [6, 6.07) is 0. The van der Waals surface area contributed by atoms with Crippen molar-refractivity contribution in [1.82, 2.24) is 19.2 Å². The molecule has 11 heteroatoms. The molecule has 7 nitrogen and oxygen atoms in total. The fourth-order valence-corrected chi connectivity index (χ4v) is 6.39. The molecule has 1 aromatic rings. The number of rotatable bonds is 5. The summed E-state index contributed by atoms with van der Waals surface area (Å²) in [4.78, 5) is 8.85. The minimum Gasteiger partial charge on any atom is -0.381 e. The highest BCUT2D eigenvalue weighted by molar-refractivity contribution is 7.89. The van der Waals surface area contributed by atoms with Gasteiger partial charge < -0.3 is 9.64 Å². The van der Waals surface area contributed by atoms with Gasteiger partial charge in [-0.25, -0.2) is 18.4 Å². The summed E-state index contributed by atoms with van der Waals surface area (Å²) in [7, 11) is -3.89. The van der Waals surface area contributed by atoms with Crippen LogP contribution in [0.4, 0.5) is 13.2 Å². The van der Waals surface area contributed by atoms with Gasteiger partial charge in [0.15, 0.2) is 0 Å². The van der Waals surface area contributed by atoms with Gasteiger partial charge >= 0.3 is 6.18 Å². The molecule has 29 heavy (non-hydrogen) atoms. The lowest BCUT2D eigenvalue weighted by molar-refractivity contribution is -0.145. The molecule has 1 aromatic heterocycles. The van der Waals surface area contributed by atoms with Crippen LogP contribution in [0, 0.1) is 11.3 Å². The zero-order chi connectivity index (χ0) is 20.9. The first-order valence-electron chi connectivity index (χ1n) is 9.86. The standard InChI is InChI=1S/C18H25F3N4O3S/c1-2-14-15(7-22-16(23-14)18(19,20)21)29(26,27)25-11-17(12-25)9-24(10-17)8-13-3-5-28-6-4-13/h7,13H,2-6,8-12H2,1H3. The zero-order valence-corrected chi connectivity index (χ0v) is 17.1. The number of ether oxygens (including phenoxy) is 1. The molecule has 0 aromatic carbocycles. The second kappa shape index (κ2) is 7.44. The summed E-state index contributed by atoms with van der Waals surface area (Å²) in [5.41, 5.74) is -0.125. The lowest BCUT2D eigenvalue weighted by atomic mass is 9.74. The van der Waals surface area contributed by atoms with Gasteiger partial charge in [0.1, 0.15) is 4.90 Å². The average molecular weight is 434 g/mol. The molecule has 3 aliphatic heterocycles. The van der Waals surface area contributed by atoms with Crippen LogP contribution in [0.1, 0.15) is 31.3 Å². The van der Waals surface area contributed by atoms with Crippen LogP contribution in [-0.4, -0.2) is 73.5 Å². The number of hydrogen-bond donors (Lipinski definition) is 0. The fourth-order valence-electron chi connectivity index (χ4n) is 4.55. The monoisotopic (exact) mass is 434 g/mol. The Bertz CT molecular complexity index is 858. The number of hydrogen-bond acceptors (Lipinski definition) is 6. The van der Waals surface area contributed by atoms with E-state index in [1.165, 1.54) is 4.31 Å². The van der Waals surface area contributed by atoms with Gasteiger partial charge in [-0.2, -0.15) is 17.5 Å². The Morgan fingerprint density at radius 3 is 2.45 bits per heavy atom. The Morgan fingerprint density at radius 1 is 1.21 bits per heavy atom. The van der Waals surface area contributed by atoms with Gasteiger partial charge in [0.25, 0.3) is 0 Å². The number of alkyl halides is 3. The minimum absolute atomic E-state index is 0.0304. The van der Waals surface area contributed by atoms with Crippen LogP contribution in [0.3, 0.4) is 0 Å². The molecule has 0 atom stereocenters. The first-order valence-corrected chi connectivity index (χ1v) is 11.3.